The first-order chi connectivity index (χ1) is 11.4. The van der Waals surface area contributed by atoms with Crippen LogP contribution in [0.1, 0.15) is 11.1 Å². The second-order valence-corrected chi connectivity index (χ2v) is 7.27. The Kier molecular flexibility index (Phi) is 6.36. The molecule has 0 bridgehead atoms. The lowest BCUT2D eigenvalue weighted by atomic mass is 10.2. The third kappa shape index (κ3) is 5.06. The number of aryl methyl sites for hydroxylation is 1. The molecule has 0 fully saturated rings. The second kappa shape index (κ2) is 8.28. The van der Waals surface area contributed by atoms with E-state index in [0.717, 1.165) is 16.9 Å². The van der Waals surface area contributed by atoms with E-state index < -0.39 is 10.1 Å². The minimum Gasteiger partial charge on any atom is -0.497 e. The van der Waals surface area contributed by atoms with Crippen molar-refractivity contribution in [1.29, 1.82) is 0 Å². The highest BCUT2D eigenvalue weighted by molar-refractivity contribution is 7.86. The molecule has 2 aromatic carbocycles. The molecule has 1 unspecified atom stereocenters. The monoisotopic (exact) mass is 351 g/mol. The molecule has 2 aromatic rings. The van der Waals surface area contributed by atoms with Gasteiger partial charge in [-0.3, -0.25) is 4.18 Å². The summed E-state index contributed by atoms with van der Waals surface area (Å²) in [6, 6.07) is 13.9. The van der Waals surface area contributed by atoms with Gasteiger partial charge < -0.3 is 9.84 Å². The molecule has 130 valence electrons. The standard InChI is InChI=1S/C18H22O5S/c1-14-6-8-18(9-7-14)24(20,21)23-13-16(12-19)10-15-4-3-5-17(11-15)22-2/h3-9,11,16,19H,10,12-13H2,1-2H3/i10+1. The second-order valence-electron chi connectivity index (χ2n) is 5.66. The van der Waals surface area contributed by atoms with Gasteiger partial charge in [-0.25, -0.2) is 0 Å². The third-order valence-corrected chi connectivity index (χ3v) is 4.98. The van der Waals surface area contributed by atoms with E-state index in [0.29, 0.717) is 6.42 Å². The van der Waals surface area contributed by atoms with Crippen molar-refractivity contribution >= 4 is 10.1 Å². The molecule has 24 heavy (non-hydrogen) atoms. The van der Waals surface area contributed by atoms with E-state index in [1.165, 1.54) is 12.1 Å². The van der Waals surface area contributed by atoms with Gasteiger partial charge >= 0.3 is 0 Å². The molecule has 0 heterocycles. The van der Waals surface area contributed by atoms with Crippen LogP contribution in [0.4, 0.5) is 0 Å². The molecular formula is C18H22O5S. The number of methoxy groups -OCH3 is 1. The van der Waals surface area contributed by atoms with E-state index in [1.807, 2.05) is 31.2 Å². The molecule has 0 aromatic heterocycles. The maximum absolute atomic E-state index is 12.2. The summed E-state index contributed by atoms with van der Waals surface area (Å²) in [7, 11) is -2.24. The topological polar surface area (TPSA) is 72.8 Å². The average Bonchev–Trinajstić information content (AvgIpc) is 2.59. The molecule has 5 nitrogen and oxygen atoms in total. The number of hydrogen-bond acceptors (Lipinski definition) is 5. The summed E-state index contributed by atoms with van der Waals surface area (Å²) in [5.74, 6) is 0.398. The van der Waals surface area contributed by atoms with E-state index >= 15 is 0 Å². The Morgan fingerprint density at radius 2 is 1.83 bits per heavy atom. The smallest absolute Gasteiger partial charge is 0.296 e. The first-order valence-electron chi connectivity index (χ1n) is 7.64. The summed E-state index contributed by atoms with van der Waals surface area (Å²) in [6.45, 7) is 1.64. The number of benzene rings is 2. The fraction of sp³-hybridized carbons (Fsp3) is 0.333. The van der Waals surface area contributed by atoms with Crippen LogP contribution < -0.4 is 4.74 Å². The Morgan fingerprint density at radius 1 is 1.12 bits per heavy atom. The fourth-order valence-corrected chi connectivity index (χ4v) is 3.24. The molecule has 1 N–H and O–H groups in total. The van der Waals surface area contributed by atoms with Crippen LogP contribution in [0.25, 0.3) is 0 Å². The quantitative estimate of drug-likeness (QED) is 0.584. The van der Waals surface area contributed by atoms with E-state index in [1.54, 1.807) is 19.2 Å². The predicted molar refractivity (Wildman–Crippen MR) is 91.6 cm³/mol. The van der Waals surface area contributed by atoms with Crippen LogP contribution in [0.2, 0.25) is 0 Å². The first kappa shape index (κ1) is 18.4. The minimum atomic E-state index is -3.82. The summed E-state index contributed by atoms with van der Waals surface area (Å²) >= 11 is 0. The summed E-state index contributed by atoms with van der Waals surface area (Å²) < 4.78 is 34.7. The number of rotatable bonds is 8. The maximum atomic E-state index is 12.2. The van der Waals surface area contributed by atoms with Gasteiger partial charge in [-0.2, -0.15) is 8.42 Å². The Labute approximate surface area is 143 Å². The number of hydrogen-bond donors (Lipinski definition) is 1. The van der Waals surface area contributed by atoms with Crippen molar-refractivity contribution < 1.29 is 22.4 Å². The van der Waals surface area contributed by atoms with Crippen LogP contribution >= 0.6 is 0 Å². The van der Waals surface area contributed by atoms with Crippen LogP contribution in [0.5, 0.6) is 5.75 Å². The highest BCUT2D eigenvalue weighted by Gasteiger charge is 2.18. The van der Waals surface area contributed by atoms with E-state index in [4.69, 9.17) is 8.92 Å². The van der Waals surface area contributed by atoms with Crippen molar-refractivity contribution in [2.45, 2.75) is 18.2 Å². The Bertz CT molecular complexity index is 753. The highest BCUT2D eigenvalue weighted by atomic mass is 32.2. The van der Waals surface area contributed by atoms with Crippen LogP contribution in [-0.4, -0.2) is 33.8 Å². The van der Waals surface area contributed by atoms with Crippen molar-refractivity contribution in [2.24, 2.45) is 5.92 Å². The zero-order valence-corrected chi connectivity index (χ0v) is 14.6. The lowest BCUT2D eigenvalue weighted by Crippen LogP contribution is -2.20. The molecule has 0 saturated carbocycles. The first-order valence-corrected chi connectivity index (χ1v) is 9.05. The fourth-order valence-electron chi connectivity index (χ4n) is 2.27. The van der Waals surface area contributed by atoms with Crippen molar-refractivity contribution in [3.05, 3.63) is 59.7 Å². The van der Waals surface area contributed by atoms with Gasteiger partial charge in [0.25, 0.3) is 10.1 Å². The van der Waals surface area contributed by atoms with Gasteiger partial charge in [0.2, 0.25) is 0 Å². The van der Waals surface area contributed by atoms with E-state index in [2.05, 4.69) is 0 Å². The molecule has 6 heteroatoms. The normalized spacial score (nSPS) is 12.8. The highest BCUT2D eigenvalue weighted by Crippen LogP contribution is 2.18. The third-order valence-electron chi connectivity index (χ3n) is 3.69. The predicted octanol–water partition coefficient (Wildman–Crippen LogP) is 2.56. The van der Waals surface area contributed by atoms with Gasteiger partial charge in [-0.05, 0) is 43.2 Å². The van der Waals surface area contributed by atoms with Crippen molar-refractivity contribution in [2.75, 3.05) is 20.3 Å². The Balaban J connectivity index is 2.01. The number of aliphatic hydroxyl groups is 1. The van der Waals surface area contributed by atoms with Gasteiger partial charge in [0, 0.05) is 12.5 Å². The van der Waals surface area contributed by atoms with Crippen LogP contribution in [0.3, 0.4) is 0 Å². The summed E-state index contributed by atoms with van der Waals surface area (Å²) in [5.41, 5.74) is 1.92. The average molecular weight is 351 g/mol. The Morgan fingerprint density at radius 3 is 2.46 bits per heavy atom. The SMILES string of the molecule is COc1cccc([13CH2]C(CO)COS(=O)(=O)c2ccc(C)cc2)c1. The van der Waals surface area contributed by atoms with E-state index in [-0.39, 0.29) is 24.0 Å². The lowest BCUT2D eigenvalue weighted by molar-refractivity contribution is 0.166. The maximum Gasteiger partial charge on any atom is 0.296 e. The van der Waals surface area contributed by atoms with Crippen molar-refractivity contribution in [3.63, 3.8) is 0 Å². The van der Waals surface area contributed by atoms with Gasteiger partial charge in [-0.15, -0.1) is 0 Å². The minimum absolute atomic E-state index is 0.0794. The Hall–Kier alpha value is -1.89. The van der Waals surface area contributed by atoms with Gasteiger partial charge in [0.1, 0.15) is 5.75 Å². The molecular weight excluding hydrogens is 329 g/mol. The largest absolute Gasteiger partial charge is 0.497 e. The molecule has 0 saturated heterocycles. The zero-order chi connectivity index (χ0) is 17.6. The molecule has 0 amide bonds. The molecule has 0 radical (unpaired) electrons. The molecule has 0 aliphatic rings. The van der Waals surface area contributed by atoms with Gasteiger partial charge in [-0.1, -0.05) is 29.8 Å². The molecule has 0 spiro atoms. The van der Waals surface area contributed by atoms with Crippen LogP contribution in [0.15, 0.2) is 53.4 Å². The number of ether oxygens (including phenoxy) is 1. The summed E-state index contributed by atoms with van der Waals surface area (Å²) in [4.78, 5) is 0.117. The molecule has 2 rings (SSSR count). The zero-order valence-electron chi connectivity index (χ0n) is 13.8. The number of aliphatic hydroxyl groups excluding tert-OH is 1. The van der Waals surface area contributed by atoms with Crippen LogP contribution in [-0.2, 0) is 20.7 Å². The van der Waals surface area contributed by atoms with Crippen LogP contribution in [0, 0.1) is 12.8 Å². The van der Waals surface area contributed by atoms with E-state index in [9.17, 15) is 13.5 Å². The molecule has 1 atom stereocenters. The van der Waals surface area contributed by atoms with Gasteiger partial charge in [0.05, 0.1) is 18.6 Å². The molecule has 0 aliphatic carbocycles. The lowest BCUT2D eigenvalue weighted by Gasteiger charge is -2.15. The molecule has 0 aliphatic heterocycles. The van der Waals surface area contributed by atoms with Crippen molar-refractivity contribution in [3.8, 4) is 5.75 Å². The summed E-state index contributed by atoms with van der Waals surface area (Å²) in [5, 5.41) is 9.51. The van der Waals surface area contributed by atoms with Gasteiger partial charge in [0.15, 0.2) is 0 Å². The summed E-state index contributed by atoms with van der Waals surface area (Å²) in [6.07, 6.45) is 0.497. The van der Waals surface area contributed by atoms with Crippen molar-refractivity contribution in [1.82, 2.24) is 0 Å².